The van der Waals surface area contributed by atoms with E-state index in [1.807, 2.05) is 0 Å². The molecule has 2 fully saturated rings. The molecule has 1 saturated carbocycles. The number of nitrogens with zero attached hydrogens (tertiary/aromatic N) is 2. The zero-order valence-electron chi connectivity index (χ0n) is 14.3. The Morgan fingerprint density at radius 2 is 1.59 bits per heavy atom. The first-order chi connectivity index (χ1) is 10.8. The van der Waals surface area contributed by atoms with Gasteiger partial charge in [-0.3, -0.25) is 9.69 Å². The van der Waals surface area contributed by atoms with Crippen LogP contribution in [0.15, 0.2) is 0 Å². The molecule has 0 aromatic carbocycles. The van der Waals surface area contributed by atoms with E-state index < -0.39 is 0 Å². The van der Waals surface area contributed by atoms with Gasteiger partial charge in [0.2, 0.25) is 5.91 Å². The number of carbonyl (C=O) groups is 1. The quantitative estimate of drug-likeness (QED) is 0.701. The van der Waals surface area contributed by atoms with E-state index in [0.29, 0.717) is 5.91 Å². The summed E-state index contributed by atoms with van der Waals surface area (Å²) in [6, 6.07) is 0. The fraction of sp³-hybridized carbons (Fsp3) is 0.944. The molecule has 0 spiro atoms. The van der Waals surface area contributed by atoms with Crippen molar-refractivity contribution in [2.75, 3.05) is 39.3 Å². The Bertz CT molecular complexity index is 307. The van der Waals surface area contributed by atoms with Crippen LogP contribution in [-0.2, 0) is 4.79 Å². The Morgan fingerprint density at radius 1 is 0.909 bits per heavy atom. The van der Waals surface area contributed by atoms with Gasteiger partial charge >= 0.3 is 0 Å². The molecule has 2 rings (SSSR count). The van der Waals surface area contributed by atoms with Crippen LogP contribution in [0.4, 0.5) is 0 Å². The van der Waals surface area contributed by atoms with Gasteiger partial charge in [-0.05, 0) is 38.1 Å². The van der Waals surface area contributed by atoms with E-state index in [1.54, 1.807) is 0 Å². The van der Waals surface area contributed by atoms with Crippen molar-refractivity contribution in [1.82, 2.24) is 9.80 Å². The van der Waals surface area contributed by atoms with Crippen LogP contribution < -0.4 is 5.73 Å². The molecule has 1 saturated heterocycles. The summed E-state index contributed by atoms with van der Waals surface area (Å²) in [6.07, 6.45) is 12.3. The number of carbonyl (C=O) groups excluding carboxylic acids is 1. The van der Waals surface area contributed by atoms with Crippen LogP contribution in [0.1, 0.15) is 64.2 Å². The first-order valence-electron chi connectivity index (χ1n) is 9.50. The van der Waals surface area contributed by atoms with Gasteiger partial charge in [0.05, 0.1) is 0 Å². The van der Waals surface area contributed by atoms with Crippen molar-refractivity contribution < 1.29 is 4.79 Å². The lowest BCUT2D eigenvalue weighted by molar-refractivity contribution is -0.133. The highest BCUT2D eigenvalue weighted by atomic mass is 16.2. The summed E-state index contributed by atoms with van der Waals surface area (Å²) in [5, 5.41) is 0. The van der Waals surface area contributed by atoms with Crippen LogP contribution in [-0.4, -0.2) is 55.0 Å². The number of hydrogen-bond acceptors (Lipinski definition) is 3. The molecule has 1 heterocycles. The Balaban J connectivity index is 1.56. The van der Waals surface area contributed by atoms with E-state index in [-0.39, 0.29) is 0 Å². The molecule has 4 nitrogen and oxygen atoms in total. The Hall–Kier alpha value is -0.610. The zero-order chi connectivity index (χ0) is 15.6. The minimum absolute atomic E-state index is 0.366. The average molecular weight is 309 g/mol. The molecule has 2 aliphatic rings. The molecule has 22 heavy (non-hydrogen) atoms. The molecular weight excluding hydrogens is 274 g/mol. The maximum absolute atomic E-state index is 12.2. The van der Waals surface area contributed by atoms with E-state index in [1.165, 1.54) is 45.1 Å². The fourth-order valence-corrected chi connectivity index (χ4v) is 3.85. The molecule has 0 unspecified atom stereocenters. The summed E-state index contributed by atoms with van der Waals surface area (Å²) in [5.74, 6) is 1.28. The number of unbranched alkanes of at least 4 members (excludes halogenated alkanes) is 3. The maximum atomic E-state index is 12.2. The standard InChI is InChI=1S/C18H35N3O/c19-11-7-2-1-6-10-18(22)21-14-12-20(13-15-21)16-17-8-4-3-5-9-17/h17H,1-16,19H2. The number of hydrogen-bond donors (Lipinski definition) is 1. The van der Waals surface area contributed by atoms with Crippen molar-refractivity contribution >= 4 is 5.91 Å². The second kappa shape index (κ2) is 10.2. The first kappa shape index (κ1) is 17.7. The number of nitrogens with two attached hydrogens (primary N) is 1. The SMILES string of the molecule is NCCCCCCC(=O)N1CCN(CC2CCCCC2)CC1. The summed E-state index contributed by atoms with van der Waals surface area (Å²) < 4.78 is 0. The summed E-state index contributed by atoms with van der Waals surface area (Å²) >= 11 is 0. The maximum Gasteiger partial charge on any atom is 0.222 e. The zero-order valence-corrected chi connectivity index (χ0v) is 14.3. The lowest BCUT2D eigenvalue weighted by Gasteiger charge is -2.37. The summed E-state index contributed by atoms with van der Waals surface area (Å²) in [6.45, 7) is 6.07. The number of piperazine rings is 1. The summed E-state index contributed by atoms with van der Waals surface area (Å²) in [5.41, 5.74) is 5.49. The second-order valence-electron chi connectivity index (χ2n) is 7.14. The largest absolute Gasteiger partial charge is 0.340 e. The second-order valence-corrected chi connectivity index (χ2v) is 7.14. The minimum atomic E-state index is 0.366. The third kappa shape index (κ3) is 6.25. The number of rotatable bonds is 8. The lowest BCUT2D eigenvalue weighted by atomic mass is 9.89. The lowest BCUT2D eigenvalue weighted by Crippen LogP contribution is -2.49. The molecular formula is C18H35N3O. The highest BCUT2D eigenvalue weighted by Gasteiger charge is 2.23. The van der Waals surface area contributed by atoms with Crippen molar-refractivity contribution in [2.24, 2.45) is 11.7 Å². The van der Waals surface area contributed by atoms with Crippen LogP contribution in [0.5, 0.6) is 0 Å². The Labute approximate surface area is 136 Å². The van der Waals surface area contributed by atoms with Gasteiger partial charge in [-0.15, -0.1) is 0 Å². The van der Waals surface area contributed by atoms with Crippen molar-refractivity contribution in [2.45, 2.75) is 64.2 Å². The van der Waals surface area contributed by atoms with Crippen LogP contribution in [0.25, 0.3) is 0 Å². The molecule has 0 aromatic heterocycles. The summed E-state index contributed by atoms with van der Waals surface area (Å²) in [4.78, 5) is 16.9. The van der Waals surface area contributed by atoms with E-state index >= 15 is 0 Å². The summed E-state index contributed by atoms with van der Waals surface area (Å²) in [7, 11) is 0. The molecule has 0 bridgehead atoms. The normalized spacial score (nSPS) is 21.2. The van der Waals surface area contributed by atoms with Gasteiger partial charge in [0.1, 0.15) is 0 Å². The van der Waals surface area contributed by atoms with Crippen molar-refractivity contribution in [3.8, 4) is 0 Å². The average Bonchev–Trinajstić information content (AvgIpc) is 2.56. The Kier molecular flexibility index (Phi) is 8.24. The van der Waals surface area contributed by atoms with E-state index in [9.17, 15) is 4.79 Å². The topological polar surface area (TPSA) is 49.6 Å². The fourth-order valence-electron chi connectivity index (χ4n) is 3.85. The van der Waals surface area contributed by atoms with Gasteiger partial charge in [-0.2, -0.15) is 0 Å². The molecule has 1 aliphatic heterocycles. The molecule has 0 atom stereocenters. The smallest absolute Gasteiger partial charge is 0.222 e. The molecule has 1 amide bonds. The van der Waals surface area contributed by atoms with Gasteiger partial charge in [0.25, 0.3) is 0 Å². The predicted octanol–water partition coefficient (Wildman–Crippen LogP) is 2.62. The molecule has 0 radical (unpaired) electrons. The van der Waals surface area contributed by atoms with Crippen molar-refractivity contribution in [3.63, 3.8) is 0 Å². The Morgan fingerprint density at radius 3 is 2.27 bits per heavy atom. The van der Waals surface area contributed by atoms with Crippen molar-refractivity contribution in [3.05, 3.63) is 0 Å². The third-order valence-corrected chi connectivity index (χ3v) is 5.31. The molecule has 128 valence electrons. The van der Waals surface area contributed by atoms with Gasteiger partial charge in [-0.1, -0.05) is 32.1 Å². The van der Waals surface area contributed by atoms with Crippen LogP contribution in [0.3, 0.4) is 0 Å². The highest BCUT2D eigenvalue weighted by molar-refractivity contribution is 5.76. The molecule has 0 aromatic rings. The van der Waals surface area contributed by atoms with E-state index in [2.05, 4.69) is 9.80 Å². The molecule has 2 N–H and O–H groups in total. The van der Waals surface area contributed by atoms with Gasteiger partial charge in [0.15, 0.2) is 0 Å². The van der Waals surface area contributed by atoms with E-state index in [4.69, 9.17) is 5.73 Å². The predicted molar refractivity (Wildman–Crippen MR) is 91.7 cm³/mol. The van der Waals surface area contributed by atoms with Crippen LogP contribution >= 0.6 is 0 Å². The number of amides is 1. The van der Waals surface area contributed by atoms with Gasteiger partial charge in [0, 0.05) is 39.1 Å². The van der Waals surface area contributed by atoms with Gasteiger partial charge in [-0.25, -0.2) is 0 Å². The molecule has 1 aliphatic carbocycles. The first-order valence-corrected chi connectivity index (χ1v) is 9.50. The highest BCUT2D eigenvalue weighted by Crippen LogP contribution is 2.24. The monoisotopic (exact) mass is 309 g/mol. The third-order valence-electron chi connectivity index (χ3n) is 5.31. The van der Waals surface area contributed by atoms with Crippen LogP contribution in [0.2, 0.25) is 0 Å². The van der Waals surface area contributed by atoms with E-state index in [0.717, 1.165) is 64.3 Å². The minimum Gasteiger partial charge on any atom is -0.340 e. The van der Waals surface area contributed by atoms with Crippen LogP contribution in [0, 0.1) is 5.92 Å². The van der Waals surface area contributed by atoms with Crippen molar-refractivity contribution in [1.29, 1.82) is 0 Å². The van der Waals surface area contributed by atoms with Gasteiger partial charge < -0.3 is 10.6 Å². The molecule has 4 heteroatoms.